The molecule has 0 radical (unpaired) electrons. The molecule has 1 amide bonds. The lowest BCUT2D eigenvalue weighted by molar-refractivity contribution is -0.302. The van der Waals surface area contributed by atoms with Crippen molar-refractivity contribution in [3.05, 3.63) is 97.2 Å². The lowest BCUT2D eigenvalue weighted by Gasteiger charge is -2.40. The summed E-state index contributed by atoms with van der Waals surface area (Å²) < 4.78 is 11.1. The Morgan fingerprint density at radius 2 is 1.09 bits per heavy atom. The van der Waals surface area contributed by atoms with Crippen LogP contribution in [0.2, 0.25) is 0 Å². The Bertz CT molecular complexity index is 1200. The molecular weight excluding hydrogens is 719 g/mol. The number of rotatable bonds is 34. The molecular formula is C48H79NO8. The van der Waals surface area contributed by atoms with Crippen molar-refractivity contribution in [2.75, 3.05) is 13.2 Å². The van der Waals surface area contributed by atoms with E-state index >= 15 is 0 Å². The molecule has 7 atom stereocenters. The average molecular weight is 798 g/mol. The van der Waals surface area contributed by atoms with Gasteiger partial charge in [-0.05, 0) is 77.0 Å². The van der Waals surface area contributed by atoms with E-state index in [1.807, 2.05) is 0 Å². The molecule has 1 heterocycles. The van der Waals surface area contributed by atoms with Gasteiger partial charge in [0.25, 0.3) is 0 Å². The van der Waals surface area contributed by atoms with Crippen molar-refractivity contribution in [1.82, 2.24) is 5.32 Å². The summed E-state index contributed by atoms with van der Waals surface area (Å²) in [7, 11) is 0. The maximum absolute atomic E-state index is 12.8. The molecule has 0 bridgehead atoms. The molecule has 6 N–H and O–H groups in total. The second-order valence-corrected chi connectivity index (χ2v) is 14.8. The number of ether oxygens (including phenoxy) is 2. The summed E-state index contributed by atoms with van der Waals surface area (Å²) in [6.45, 7) is 3.57. The fourth-order valence-corrected chi connectivity index (χ4v) is 6.17. The molecule has 9 heteroatoms. The maximum atomic E-state index is 12.8. The predicted octanol–water partition coefficient (Wildman–Crippen LogP) is 8.94. The van der Waals surface area contributed by atoms with E-state index in [4.69, 9.17) is 9.47 Å². The summed E-state index contributed by atoms with van der Waals surface area (Å²) in [5.74, 6) is -0.182. The summed E-state index contributed by atoms with van der Waals surface area (Å²) in [6, 6.07) is -0.735. The molecule has 0 aromatic carbocycles. The third-order valence-corrected chi connectivity index (χ3v) is 9.70. The van der Waals surface area contributed by atoms with Gasteiger partial charge in [-0.2, -0.15) is 0 Å². The third kappa shape index (κ3) is 28.2. The number of unbranched alkanes of at least 4 members (excludes halogenated alkanes) is 8. The number of hydrogen-bond donors (Lipinski definition) is 6. The summed E-state index contributed by atoms with van der Waals surface area (Å²) in [5, 5.41) is 53.8. The van der Waals surface area contributed by atoms with Crippen molar-refractivity contribution < 1.29 is 39.8 Å². The largest absolute Gasteiger partial charge is 0.394 e. The third-order valence-electron chi connectivity index (χ3n) is 9.70. The van der Waals surface area contributed by atoms with E-state index in [2.05, 4.69) is 116 Å². The smallest absolute Gasteiger partial charge is 0.220 e. The molecule has 0 aromatic heterocycles. The monoisotopic (exact) mass is 798 g/mol. The second kappa shape index (κ2) is 37.4. The first-order valence-corrected chi connectivity index (χ1v) is 21.9. The van der Waals surface area contributed by atoms with Crippen molar-refractivity contribution in [1.29, 1.82) is 0 Å². The van der Waals surface area contributed by atoms with E-state index in [9.17, 15) is 30.3 Å². The number of carbonyl (C=O) groups excluding carboxylic acids is 1. The molecule has 0 aliphatic carbocycles. The number of allylic oxidation sites excluding steroid dienone is 16. The minimum atomic E-state index is -1.56. The Balaban J connectivity index is 2.21. The van der Waals surface area contributed by atoms with Gasteiger partial charge in [-0.3, -0.25) is 4.79 Å². The van der Waals surface area contributed by atoms with Crippen LogP contribution < -0.4 is 5.32 Å². The van der Waals surface area contributed by atoms with E-state index < -0.39 is 49.5 Å². The minimum absolute atomic E-state index is 0.158. The molecule has 1 aliphatic rings. The quantitative estimate of drug-likeness (QED) is 0.0279. The highest BCUT2D eigenvalue weighted by atomic mass is 16.7. The van der Waals surface area contributed by atoms with Crippen molar-refractivity contribution in [2.45, 2.75) is 185 Å². The Morgan fingerprint density at radius 1 is 0.614 bits per heavy atom. The van der Waals surface area contributed by atoms with Crippen molar-refractivity contribution in [3.8, 4) is 0 Å². The van der Waals surface area contributed by atoms with Gasteiger partial charge in [0.05, 0.1) is 25.4 Å². The van der Waals surface area contributed by atoms with Crippen LogP contribution in [0.1, 0.15) is 142 Å². The first-order chi connectivity index (χ1) is 27.8. The SMILES string of the molecule is CC/C=C\C/C=C\C/C=C\C/C=C\C/C=C\C/C=C\C/C=C\C/C=C\CCCCCCC(=O)NC(COC1OC(CO)C(O)C(O)C1O)C(O)CCCCCCC. The number of hydrogen-bond acceptors (Lipinski definition) is 8. The molecule has 9 nitrogen and oxygen atoms in total. The fourth-order valence-electron chi connectivity index (χ4n) is 6.17. The topological polar surface area (TPSA) is 149 Å². The highest BCUT2D eigenvalue weighted by Gasteiger charge is 2.44. The van der Waals surface area contributed by atoms with Crippen molar-refractivity contribution in [2.24, 2.45) is 0 Å². The molecule has 324 valence electrons. The Kier molecular flexibility index (Phi) is 34.2. The first-order valence-electron chi connectivity index (χ1n) is 21.9. The number of nitrogens with one attached hydrogen (secondary N) is 1. The predicted molar refractivity (Wildman–Crippen MR) is 234 cm³/mol. The molecule has 1 rings (SSSR count). The minimum Gasteiger partial charge on any atom is -0.394 e. The Morgan fingerprint density at radius 3 is 1.60 bits per heavy atom. The van der Waals surface area contributed by atoms with Crippen LogP contribution in [0, 0.1) is 0 Å². The summed E-state index contributed by atoms with van der Waals surface area (Å²) >= 11 is 0. The van der Waals surface area contributed by atoms with E-state index in [1.165, 1.54) is 0 Å². The molecule has 1 saturated heterocycles. The summed E-state index contributed by atoms with van der Waals surface area (Å²) in [4.78, 5) is 12.8. The maximum Gasteiger partial charge on any atom is 0.220 e. The zero-order valence-electron chi connectivity index (χ0n) is 35.3. The lowest BCUT2D eigenvalue weighted by atomic mass is 9.99. The van der Waals surface area contributed by atoms with Crippen LogP contribution in [0.4, 0.5) is 0 Å². The van der Waals surface area contributed by atoms with Gasteiger partial charge in [-0.15, -0.1) is 0 Å². The van der Waals surface area contributed by atoms with Gasteiger partial charge in [0.1, 0.15) is 24.4 Å². The van der Waals surface area contributed by atoms with Gasteiger partial charge in [0.2, 0.25) is 5.91 Å². The summed E-state index contributed by atoms with van der Waals surface area (Å²) in [6.07, 6.45) is 46.1. The van der Waals surface area contributed by atoms with Gasteiger partial charge in [0.15, 0.2) is 6.29 Å². The first kappa shape index (κ1) is 52.1. The van der Waals surface area contributed by atoms with E-state index in [1.54, 1.807) is 0 Å². The zero-order valence-corrected chi connectivity index (χ0v) is 35.3. The highest BCUT2D eigenvalue weighted by Crippen LogP contribution is 2.22. The van der Waals surface area contributed by atoms with Crippen molar-refractivity contribution in [3.63, 3.8) is 0 Å². The molecule has 7 unspecified atom stereocenters. The molecule has 0 spiro atoms. The number of aliphatic hydroxyl groups excluding tert-OH is 5. The number of aliphatic hydroxyl groups is 5. The Hall–Kier alpha value is -2.89. The standard InChI is InChI=1S/C48H79NO8/c1-3-5-7-9-10-11-12-13-14-15-16-17-18-19-20-21-22-23-24-25-26-27-28-29-30-31-32-34-36-38-44(52)49-41(42(51)37-35-33-8-6-4-2)40-56-48-47(55)46(54)45(53)43(39-50)57-48/h5,7,10-11,13-14,16-17,19-20,22-23,25-26,28-29,41-43,45-48,50-51,53-55H,3-4,6,8-9,12,15,18,21,24,27,30-40H2,1-2H3,(H,49,52)/b7-5-,11-10-,14-13-,17-16-,20-19-,23-22-,26-25-,29-28-. The molecule has 0 saturated carbocycles. The number of amides is 1. The molecule has 57 heavy (non-hydrogen) atoms. The van der Waals surface area contributed by atoms with Crippen LogP contribution in [-0.2, 0) is 14.3 Å². The summed E-state index contributed by atoms with van der Waals surface area (Å²) in [5.41, 5.74) is 0. The number of carbonyl (C=O) groups is 1. The lowest BCUT2D eigenvalue weighted by Crippen LogP contribution is -2.60. The van der Waals surface area contributed by atoms with Gasteiger partial charge in [-0.1, -0.05) is 156 Å². The van der Waals surface area contributed by atoms with Crippen LogP contribution in [0.15, 0.2) is 97.2 Å². The molecule has 0 aromatic rings. The van der Waals surface area contributed by atoms with E-state index in [0.717, 1.165) is 116 Å². The van der Waals surface area contributed by atoms with Crippen LogP contribution in [0.25, 0.3) is 0 Å². The van der Waals surface area contributed by atoms with Crippen LogP contribution in [-0.4, -0.2) is 87.5 Å². The van der Waals surface area contributed by atoms with Gasteiger partial charge in [0, 0.05) is 6.42 Å². The van der Waals surface area contributed by atoms with Crippen molar-refractivity contribution >= 4 is 5.91 Å². The van der Waals surface area contributed by atoms with Gasteiger partial charge in [-0.25, -0.2) is 0 Å². The normalized spacial score (nSPS) is 22.0. The average Bonchev–Trinajstić information content (AvgIpc) is 3.21. The van der Waals surface area contributed by atoms with Gasteiger partial charge >= 0.3 is 0 Å². The van der Waals surface area contributed by atoms with Crippen LogP contribution in [0.5, 0.6) is 0 Å². The highest BCUT2D eigenvalue weighted by molar-refractivity contribution is 5.76. The van der Waals surface area contributed by atoms with Crippen LogP contribution >= 0.6 is 0 Å². The fraction of sp³-hybridized carbons (Fsp3) is 0.646. The molecule has 1 aliphatic heterocycles. The van der Waals surface area contributed by atoms with E-state index in [0.29, 0.717) is 12.8 Å². The Labute approximate surface area is 345 Å². The zero-order chi connectivity index (χ0) is 41.6. The van der Waals surface area contributed by atoms with Crippen LogP contribution in [0.3, 0.4) is 0 Å². The second-order valence-electron chi connectivity index (χ2n) is 14.8. The van der Waals surface area contributed by atoms with E-state index in [-0.39, 0.29) is 12.5 Å². The molecule has 1 fully saturated rings. The van der Waals surface area contributed by atoms with Gasteiger partial charge < -0.3 is 40.3 Å².